The largest absolute Gasteiger partial charge is 0.493 e. The molecule has 0 aliphatic carbocycles. The summed E-state index contributed by atoms with van der Waals surface area (Å²) in [5.74, 6) is 0.646. The molecule has 1 N–H and O–H groups in total. The summed E-state index contributed by atoms with van der Waals surface area (Å²) in [6.45, 7) is 2.19. The van der Waals surface area contributed by atoms with E-state index in [1.807, 2.05) is 24.3 Å². The first kappa shape index (κ1) is 13.1. The maximum atomic E-state index is 13.3. The Morgan fingerprint density at radius 1 is 1.25 bits per heavy atom. The summed E-state index contributed by atoms with van der Waals surface area (Å²) in [6.07, 6.45) is 0.135. The number of aryl methyl sites for hydroxylation is 1. The molecule has 20 heavy (non-hydrogen) atoms. The molecule has 0 saturated carbocycles. The first-order valence-electron chi connectivity index (χ1n) is 6.80. The summed E-state index contributed by atoms with van der Waals surface area (Å²) in [7, 11) is 0. The third-order valence-electron chi connectivity index (χ3n) is 3.88. The minimum absolute atomic E-state index is 0.00485. The number of aliphatic hydroxyl groups excluding tert-OH is 1. The van der Waals surface area contributed by atoms with Gasteiger partial charge in [0.15, 0.2) is 0 Å². The average Bonchev–Trinajstić information content (AvgIpc) is 2.49. The Labute approximate surface area is 117 Å². The van der Waals surface area contributed by atoms with Gasteiger partial charge in [0.25, 0.3) is 0 Å². The highest BCUT2D eigenvalue weighted by Crippen LogP contribution is 2.33. The van der Waals surface area contributed by atoms with Crippen molar-refractivity contribution in [1.82, 2.24) is 0 Å². The predicted octanol–water partition coefficient (Wildman–Crippen LogP) is 3.42. The number of hydrogen-bond donors (Lipinski definition) is 1. The molecule has 3 rings (SSSR count). The summed E-state index contributed by atoms with van der Waals surface area (Å²) >= 11 is 0. The molecule has 1 aliphatic rings. The molecule has 1 heterocycles. The Hall–Kier alpha value is -1.87. The third kappa shape index (κ3) is 2.41. The summed E-state index contributed by atoms with van der Waals surface area (Å²) in [5.41, 5.74) is 2.41. The van der Waals surface area contributed by atoms with E-state index in [1.165, 1.54) is 6.07 Å². The molecule has 0 saturated heterocycles. The van der Waals surface area contributed by atoms with Crippen LogP contribution in [-0.4, -0.2) is 11.7 Å². The van der Waals surface area contributed by atoms with Crippen molar-refractivity contribution in [1.29, 1.82) is 0 Å². The zero-order valence-corrected chi connectivity index (χ0v) is 11.3. The van der Waals surface area contributed by atoms with Crippen molar-refractivity contribution in [3.63, 3.8) is 0 Å². The number of ether oxygens (including phenoxy) is 1. The van der Waals surface area contributed by atoms with Gasteiger partial charge in [-0.2, -0.15) is 0 Å². The molecule has 2 atom stereocenters. The Morgan fingerprint density at radius 3 is 2.85 bits per heavy atom. The van der Waals surface area contributed by atoms with Gasteiger partial charge in [0.1, 0.15) is 11.6 Å². The molecule has 0 amide bonds. The van der Waals surface area contributed by atoms with E-state index in [-0.39, 0.29) is 11.7 Å². The third-order valence-corrected chi connectivity index (χ3v) is 3.88. The first-order valence-corrected chi connectivity index (χ1v) is 6.80. The lowest BCUT2D eigenvalue weighted by atomic mass is 9.88. The molecular formula is C17H17FO2. The van der Waals surface area contributed by atoms with Crippen molar-refractivity contribution in [2.45, 2.75) is 19.4 Å². The van der Waals surface area contributed by atoms with Crippen LogP contribution in [0.2, 0.25) is 0 Å². The van der Waals surface area contributed by atoms with Crippen molar-refractivity contribution < 1.29 is 14.2 Å². The molecule has 2 aromatic rings. The molecule has 3 heteroatoms. The van der Waals surface area contributed by atoms with Gasteiger partial charge in [-0.05, 0) is 42.2 Å². The molecule has 0 aromatic heterocycles. The monoisotopic (exact) mass is 272 g/mol. The van der Waals surface area contributed by atoms with Gasteiger partial charge >= 0.3 is 0 Å². The maximum Gasteiger partial charge on any atom is 0.126 e. The van der Waals surface area contributed by atoms with Gasteiger partial charge in [-0.3, -0.25) is 0 Å². The molecule has 0 radical (unpaired) electrons. The van der Waals surface area contributed by atoms with Crippen molar-refractivity contribution >= 4 is 0 Å². The second-order valence-electron chi connectivity index (χ2n) is 5.34. The van der Waals surface area contributed by atoms with Gasteiger partial charge in [0.05, 0.1) is 12.7 Å². The Bertz CT molecular complexity index is 624. The first-order chi connectivity index (χ1) is 9.65. The molecule has 104 valence electrons. The fraction of sp³-hybridized carbons (Fsp3) is 0.294. The maximum absolute atomic E-state index is 13.3. The standard InChI is InChI=1S/C17H17FO2/c1-11-8-13(6-7-15(11)18)17(19)14-9-12-4-2-3-5-16(12)20-10-14/h2-8,14,17,19H,9-10H2,1H3. The van der Waals surface area contributed by atoms with Crippen LogP contribution in [0.25, 0.3) is 0 Å². The van der Waals surface area contributed by atoms with E-state index in [0.29, 0.717) is 12.2 Å². The van der Waals surface area contributed by atoms with E-state index in [0.717, 1.165) is 23.3 Å². The SMILES string of the molecule is Cc1cc(C(O)C2COc3ccccc3C2)ccc1F. The van der Waals surface area contributed by atoms with Crippen LogP contribution in [0.3, 0.4) is 0 Å². The zero-order chi connectivity index (χ0) is 14.1. The minimum atomic E-state index is -0.636. The van der Waals surface area contributed by atoms with Crippen LogP contribution in [-0.2, 0) is 6.42 Å². The fourth-order valence-electron chi connectivity index (χ4n) is 2.68. The number of fused-ring (bicyclic) bond motifs is 1. The second-order valence-corrected chi connectivity index (χ2v) is 5.34. The lowest BCUT2D eigenvalue weighted by Gasteiger charge is -2.29. The molecule has 2 unspecified atom stereocenters. The predicted molar refractivity (Wildman–Crippen MR) is 75.2 cm³/mol. The van der Waals surface area contributed by atoms with E-state index < -0.39 is 6.10 Å². The summed E-state index contributed by atoms with van der Waals surface area (Å²) < 4.78 is 19.0. The van der Waals surface area contributed by atoms with Crippen LogP contribution in [0.5, 0.6) is 5.75 Å². The van der Waals surface area contributed by atoms with Gasteiger partial charge in [0, 0.05) is 5.92 Å². The van der Waals surface area contributed by atoms with E-state index in [4.69, 9.17) is 4.74 Å². The normalized spacial score (nSPS) is 19.1. The highest BCUT2D eigenvalue weighted by atomic mass is 19.1. The number of halogens is 1. The quantitative estimate of drug-likeness (QED) is 0.907. The van der Waals surface area contributed by atoms with Crippen LogP contribution in [0.1, 0.15) is 22.8 Å². The second kappa shape index (κ2) is 5.25. The van der Waals surface area contributed by atoms with E-state index >= 15 is 0 Å². The van der Waals surface area contributed by atoms with Crippen LogP contribution in [0, 0.1) is 18.7 Å². The Morgan fingerprint density at radius 2 is 2.05 bits per heavy atom. The number of benzene rings is 2. The molecule has 0 fully saturated rings. The minimum Gasteiger partial charge on any atom is -0.493 e. The van der Waals surface area contributed by atoms with Crippen LogP contribution < -0.4 is 4.74 Å². The topological polar surface area (TPSA) is 29.5 Å². The number of hydrogen-bond acceptors (Lipinski definition) is 2. The molecule has 2 nitrogen and oxygen atoms in total. The average molecular weight is 272 g/mol. The molecular weight excluding hydrogens is 255 g/mol. The van der Waals surface area contributed by atoms with E-state index in [2.05, 4.69) is 0 Å². The number of rotatable bonds is 2. The summed E-state index contributed by atoms with van der Waals surface area (Å²) in [4.78, 5) is 0. The van der Waals surface area contributed by atoms with Crippen molar-refractivity contribution in [2.24, 2.45) is 5.92 Å². The summed E-state index contributed by atoms with van der Waals surface area (Å²) in [6, 6.07) is 12.6. The lowest BCUT2D eigenvalue weighted by molar-refractivity contribution is 0.0644. The van der Waals surface area contributed by atoms with Crippen molar-refractivity contribution in [3.05, 3.63) is 65.0 Å². The van der Waals surface area contributed by atoms with Gasteiger partial charge in [-0.25, -0.2) is 4.39 Å². The van der Waals surface area contributed by atoms with Crippen LogP contribution in [0.15, 0.2) is 42.5 Å². The van der Waals surface area contributed by atoms with Crippen molar-refractivity contribution in [3.8, 4) is 5.75 Å². The van der Waals surface area contributed by atoms with E-state index in [9.17, 15) is 9.50 Å². The Kier molecular flexibility index (Phi) is 3.45. The molecule has 2 aromatic carbocycles. The lowest BCUT2D eigenvalue weighted by Crippen LogP contribution is -2.26. The molecule has 0 spiro atoms. The van der Waals surface area contributed by atoms with Gasteiger partial charge in [0.2, 0.25) is 0 Å². The highest BCUT2D eigenvalue weighted by Gasteiger charge is 2.27. The fourth-order valence-corrected chi connectivity index (χ4v) is 2.68. The number of aliphatic hydroxyl groups is 1. The summed E-state index contributed by atoms with van der Waals surface area (Å²) in [5, 5.41) is 10.5. The number of para-hydroxylation sites is 1. The van der Waals surface area contributed by atoms with Crippen LogP contribution >= 0.6 is 0 Å². The van der Waals surface area contributed by atoms with Gasteiger partial charge < -0.3 is 9.84 Å². The van der Waals surface area contributed by atoms with Gasteiger partial charge in [-0.1, -0.05) is 30.3 Å². The van der Waals surface area contributed by atoms with Crippen molar-refractivity contribution in [2.75, 3.05) is 6.61 Å². The van der Waals surface area contributed by atoms with Crippen LogP contribution in [0.4, 0.5) is 4.39 Å². The zero-order valence-electron chi connectivity index (χ0n) is 11.3. The Balaban J connectivity index is 1.82. The molecule has 1 aliphatic heterocycles. The highest BCUT2D eigenvalue weighted by molar-refractivity contribution is 5.36. The smallest absolute Gasteiger partial charge is 0.126 e. The van der Waals surface area contributed by atoms with E-state index in [1.54, 1.807) is 19.1 Å². The molecule has 0 bridgehead atoms. The van der Waals surface area contributed by atoms with Gasteiger partial charge in [-0.15, -0.1) is 0 Å².